The summed E-state index contributed by atoms with van der Waals surface area (Å²) >= 11 is 0. The summed E-state index contributed by atoms with van der Waals surface area (Å²) in [4.78, 5) is 42.2. The second-order valence-corrected chi connectivity index (χ2v) is 12.5. The van der Waals surface area contributed by atoms with E-state index in [1.165, 1.54) is 7.11 Å². The van der Waals surface area contributed by atoms with Gasteiger partial charge in [-0.1, -0.05) is 11.6 Å². The predicted octanol–water partition coefficient (Wildman–Crippen LogP) is 4.65. The van der Waals surface area contributed by atoms with Gasteiger partial charge in [-0.25, -0.2) is 0 Å². The summed E-state index contributed by atoms with van der Waals surface area (Å²) in [6.45, 7) is 13.5. The van der Waals surface area contributed by atoms with Crippen LogP contribution < -0.4 is 0 Å². The summed E-state index contributed by atoms with van der Waals surface area (Å²) in [5, 5.41) is 5.29. The number of carbonyl (C=O) groups excluding carboxylic acids is 2. The molecule has 1 N–H and O–H groups in total. The summed E-state index contributed by atoms with van der Waals surface area (Å²) in [6, 6.07) is 7.94. The third-order valence-electron chi connectivity index (χ3n) is 9.40. The number of Topliss-reactive ketones (excluding diaryl/α,β-unsaturated/α-hetero) is 1. The molecule has 0 aliphatic carbocycles. The van der Waals surface area contributed by atoms with Crippen molar-refractivity contribution < 1.29 is 33.4 Å². The minimum absolute atomic E-state index is 0.00467. The summed E-state index contributed by atoms with van der Waals surface area (Å²) < 4.78 is 25.0. The molecule has 8 atom stereocenters. The van der Waals surface area contributed by atoms with Gasteiger partial charge >= 0.3 is 241 Å². The van der Waals surface area contributed by atoms with E-state index in [0.717, 1.165) is 21.9 Å². The molecular formula is C32H42BN4O7. The molecule has 3 aromatic rings. The number of pyridine rings is 1. The van der Waals surface area contributed by atoms with Gasteiger partial charge in [0.25, 0.3) is 0 Å². The van der Waals surface area contributed by atoms with Gasteiger partial charge in [0.1, 0.15) is 0 Å². The fourth-order valence-corrected chi connectivity index (χ4v) is 6.98. The van der Waals surface area contributed by atoms with Crippen molar-refractivity contribution in [2.45, 2.75) is 97.9 Å². The molecule has 1 aromatic carbocycles. The Hall–Kier alpha value is -3.19. The van der Waals surface area contributed by atoms with E-state index < -0.39 is 36.3 Å². The third-order valence-corrected chi connectivity index (χ3v) is 9.40. The van der Waals surface area contributed by atoms with Crippen LogP contribution in [0.5, 0.6) is 0 Å². The van der Waals surface area contributed by atoms with Crippen molar-refractivity contribution in [1.29, 1.82) is 0 Å². The Morgan fingerprint density at radius 2 is 1.98 bits per heavy atom. The van der Waals surface area contributed by atoms with E-state index in [-0.39, 0.29) is 35.4 Å². The molecule has 0 saturated carbocycles. The number of ketones is 1. The van der Waals surface area contributed by atoms with Crippen LogP contribution in [0.3, 0.4) is 0 Å². The average Bonchev–Trinajstić information content (AvgIpc) is 3.34. The number of aromatic nitrogens is 2. The van der Waals surface area contributed by atoms with Crippen molar-refractivity contribution >= 4 is 41.1 Å². The second kappa shape index (κ2) is 12.7. The molecule has 1 radical (unpaired) electrons. The molecule has 8 unspecified atom stereocenters. The first-order valence-corrected chi connectivity index (χ1v) is 15.1. The molecule has 235 valence electrons. The number of aromatic amines is 1. The Bertz CT molecular complexity index is 1550. The van der Waals surface area contributed by atoms with E-state index >= 15 is 0 Å². The average molecular weight is 606 g/mol. The number of fused-ring (bicyclic) bond motifs is 3. The Morgan fingerprint density at radius 3 is 2.61 bits per heavy atom. The SMILES string of the molecule is [B]=NOC1OC(C)C(C)(C(=O)c2nccc3c2[nH]c2ccc(C)cc23)C(OC)C1OC1CC(C)C(N(C(C)=O)C(C)C)CO1. The fourth-order valence-electron chi connectivity index (χ4n) is 6.98. The van der Waals surface area contributed by atoms with Crippen molar-refractivity contribution in [3.8, 4) is 0 Å². The molecule has 0 bridgehead atoms. The van der Waals surface area contributed by atoms with Gasteiger partial charge in [-0.05, 0) is 6.92 Å². The zero-order chi connectivity index (χ0) is 31.9. The van der Waals surface area contributed by atoms with Crippen LogP contribution >= 0.6 is 0 Å². The van der Waals surface area contributed by atoms with Gasteiger partial charge < -0.3 is 0 Å². The molecule has 12 heteroatoms. The molecule has 2 fully saturated rings. The van der Waals surface area contributed by atoms with Crippen LogP contribution in [0.4, 0.5) is 0 Å². The summed E-state index contributed by atoms with van der Waals surface area (Å²) in [5.41, 5.74) is 1.69. The number of H-pyrrole nitrogens is 1. The topological polar surface area (TPSA) is 125 Å². The van der Waals surface area contributed by atoms with Crippen molar-refractivity contribution in [1.82, 2.24) is 14.9 Å². The molecule has 2 aliphatic rings. The van der Waals surface area contributed by atoms with Crippen LogP contribution in [0.2, 0.25) is 0 Å². The Balaban J connectivity index is 1.47. The van der Waals surface area contributed by atoms with E-state index in [1.807, 2.05) is 43.9 Å². The number of carbonyl (C=O) groups is 2. The van der Waals surface area contributed by atoms with Crippen LogP contribution in [0.25, 0.3) is 21.8 Å². The number of nitrogens with one attached hydrogen (secondary N) is 1. The van der Waals surface area contributed by atoms with Crippen LogP contribution in [0.15, 0.2) is 35.5 Å². The van der Waals surface area contributed by atoms with Crippen LogP contribution in [0.1, 0.15) is 64.0 Å². The number of rotatable bonds is 9. The predicted molar refractivity (Wildman–Crippen MR) is 165 cm³/mol. The number of amides is 1. The molecule has 2 aliphatic heterocycles. The second-order valence-electron chi connectivity index (χ2n) is 12.5. The monoisotopic (exact) mass is 605 g/mol. The number of hydrogen-bond donors (Lipinski definition) is 1. The molecule has 1 amide bonds. The molecule has 4 heterocycles. The normalized spacial score (nSPS) is 30.9. The number of benzene rings is 1. The zero-order valence-electron chi connectivity index (χ0n) is 26.7. The zero-order valence-corrected chi connectivity index (χ0v) is 26.7. The third kappa shape index (κ3) is 5.57. The van der Waals surface area contributed by atoms with Gasteiger partial charge in [-0.15, -0.1) is 0 Å². The Kier molecular flexibility index (Phi) is 9.27. The summed E-state index contributed by atoms with van der Waals surface area (Å²) in [5.74, 6) is -0.201. The van der Waals surface area contributed by atoms with Crippen molar-refractivity contribution in [2.75, 3.05) is 13.7 Å². The maximum atomic E-state index is 14.6. The Labute approximate surface area is 259 Å². The molecule has 5 rings (SSSR count). The van der Waals surface area contributed by atoms with Gasteiger partial charge in [0.05, 0.1) is 0 Å². The number of nitrogens with zero attached hydrogens (tertiary/aromatic N) is 3. The van der Waals surface area contributed by atoms with Crippen molar-refractivity contribution in [2.24, 2.45) is 16.4 Å². The molecule has 2 aromatic heterocycles. The van der Waals surface area contributed by atoms with Crippen LogP contribution in [-0.2, 0) is 28.6 Å². The van der Waals surface area contributed by atoms with E-state index in [2.05, 4.69) is 28.0 Å². The summed E-state index contributed by atoms with van der Waals surface area (Å²) in [6.07, 6.45) is -2.09. The van der Waals surface area contributed by atoms with E-state index in [1.54, 1.807) is 27.0 Å². The fraction of sp³-hybridized carbons (Fsp3) is 0.594. The van der Waals surface area contributed by atoms with Gasteiger partial charge in [-0.2, -0.15) is 0 Å². The number of hydrogen-bond acceptors (Lipinski definition) is 9. The molecular weight excluding hydrogens is 563 g/mol. The molecule has 44 heavy (non-hydrogen) atoms. The van der Waals surface area contributed by atoms with Crippen LogP contribution in [-0.4, -0.2) is 90.9 Å². The van der Waals surface area contributed by atoms with Gasteiger partial charge in [0.2, 0.25) is 0 Å². The minimum atomic E-state index is -1.26. The first-order chi connectivity index (χ1) is 20.9. The number of methoxy groups -OCH3 is 1. The quantitative estimate of drug-likeness (QED) is 0.212. The maximum absolute atomic E-state index is 14.6. The standard InChI is InChI=1S/C32H42BN4O7/c1-16(2)37(20(6)38)24-15-41-25(14-18(24)4)43-28-30(40-8)32(7,19(5)42-31(28)44-36-33)29(39)27-26-21(11-12-34-27)22-13-17(3)9-10-23(22)35-26/h9-13,16,18-19,24-25,28,30-31,35H,14-15H2,1-8H3. The van der Waals surface area contributed by atoms with E-state index in [9.17, 15) is 9.59 Å². The molecule has 2 saturated heterocycles. The Morgan fingerprint density at radius 1 is 1.23 bits per heavy atom. The van der Waals surface area contributed by atoms with Crippen molar-refractivity contribution in [3.05, 3.63) is 41.7 Å². The summed E-state index contributed by atoms with van der Waals surface area (Å²) in [7, 11) is 6.94. The van der Waals surface area contributed by atoms with E-state index in [4.69, 9.17) is 31.4 Å². The van der Waals surface area contributed by atoms with Crippen LogP contribution in [0, 0.1) is 18.3 Å². The van der Waals surface area contributed by atoms with Gasteiger partial charge in [0.15, 0.2) is 0 Å². The van der Waals surface area contributed by atoms with E-state index in [0.29, 0.717) is 18.5 Å². The van der Waals surface area contributed by atoms with Gasteiger partial charge in [0, 0.05) is 0 Å². The first-order valence-electron chi connectivity index (χ1n) is 15.1. The first kappa shape index (κ1) is 32.2. The molecule has 0 spiro atoms. The molecule has 11 nitrogen and oxygen atoms in total. The number of aryl methyl sites for hydroxylation is 1. The number of ether oxygens (including phenoxy) is 4. The van der Waals surface area contributed by atoms with Crippen molar-refractivity contribution in [3.63, 3.8) is 0 Å². The van der Waals surface area contributed by atoms with Gasteiger partial charge in [-0.3, -0.25) is 0 Å².